The first-order chi connectivity index (χ1) is 11.8. The Bertz CT molecular complexity index is 622. The van der Waals surface area contributed by atoms with E-state index < -0.39 is 0 Å². The van der Waals surface area contributed by atoms with Crippen LogP contribution in [0.1, 0.15) is 38.7 Å². The molecule has 0 radical (unpaired) electrons. The Hall–Kier alpha value is -2.14. The van der Waals surface area contributed by atoms with Crippen LogP contribution in [0.3, 0.4) is 0 Å². The lowest BCUT2D eigenvalue weighted by atomic mass is 9.87. The van der Waals surface area contributed by atoms with E-state index in [2.05, 4.69) is 25.7 Å². The van der Waals surface area contributed by atoms with Crippen molar-refractivity contribution in [2.75, 3.05) is 18.4 Å². The number of aryl methyl sites for hydroxylation is 1. The molecule has 0 saturated carbocycles. The summed E-state index contributed by atoms with van der Waals surface area (Å²) in [6.45, 7) is 8.92. The highest BCUT2D eigenvalue weighted by atomic mass is 16.3. The van der Waals surface area contributed by atoms with E-state index in [0.717, 1.165) is 12.0 Å². The summed E-state index contributed by atoms with van der Waals surface area (Å²) in [5, 5.41) is 12.7. The van der Waals surface area contributed by atoms with Gasteiger partial charge in [-0.1, -0.05) is 32.6 Å². The van der Waals surface area contributed by atoms with Crippen molar-refractivity contribution in [1.82, 2.24) is 4.90 Å². The van der Waals surface area contributed by atoms with Gasteiger partial charge in [0.05, 0.1) is 6.10 Å². The van der Waals surface area contributed by atoms with Crippen molar-refractivity contribution in [3.8, 4) is 0 Å². The molecule has 5 heteroatoms. The maximum absolute atomic E-state index is 12.5. The number of carbonyl (C=O) groups excluding carboxylic acids is 2. The fourth-order valence-electron chi connectivity index (χ4n) is 3.28. The predicted molar refractivity (Wildman–Crippen MR) is 99.2 cm³/mol. The second-order valence-corrected chi connectivity index (χ2v) is 7.52. The zero-order valence-corrected chi connectivity index (χ0v) is 15.1. The zero-order valence-electron chi connectivity index (χ0n) is 15.1. The van der Waals surface area contributed by atoms with E-state index in [1.165, 1.54) is 6.08 Å². The molecule has 0 aliphatic carbocycles. The van der Waals surface area contributed by atoms with Crippen molar-refractivity contribution in [2.45, 2.75) is 45.6 Å². The van der Waals surface area contributed by atoms with Gasteiger partial charge in [0.2, 0.25) is 11.8 Å². The summed E-state index contributed by atoms with van der Waals surface area (Å²) in [7, 11) is 0. The van der Waals surface area contributed by atoms with Crippen LogP contribution < -0.4 is 5.32 Å². The van der Waals surface area contributed by atoms with Gasteiger partial charge < -0.3 is 15.3 Å². The summed E-state index contributed by atoms with van der Waals surface area (Å²) in [6, 6.07) is 7.49. The first kappa shape index (κ1) is 19.2. The number of anilines is 1. The van der Waals surface area contributed by atoms with Crippen LogP contribution in [0.2, 0.25) is 0 Å². The minimum Gasteiger partial charge on any atom is -0.393 e. The fraction of sp³-hybridized carbons (Fsp3) is 0.500. The van der Waals surface area contributed by atoms with Crippen molar-refractivity contribution in [1.29, 1.82) is 0 Å². The third-order valence-corrected chi connectivity index (χ3v) is 4.53. The summed E-state index contributed by atoms with van der Waals surface area (Å²) in [4.78, 5) is 25.7. The molecule has 1 aliphatic heterocycles. The minimum absolute atomic E-state index is 0.0589. The molecule has 2 rings (SSSR count). The van der Waals surface area contributed by atoms with E-state index >= 15 is 0 Å². The Labute approximate surface area is 149 Å². The molecule has 0 spiro atoms. The number of rotatable bonds is 5. The zero-order chi connectivity index (χ0) is 18.4. The second-order valence-electron chi connectivity index (χ2n) is 7.52. The maximum Gasteiger partial charge on any atom is 0.247 e. The van der Waals surface area contributed by atoms with Gasteiger partial charge in [0.25, 0.3) is 0 Å². The smallest absolute Gasteiger partial charge is 0.247 e. The third-order valence-electron chi connectivity index (χ3n) is 4.53. The Morgan fingerprint density at radius 1 is 1.36 bits per heavy atom. The Morgan fingerprint density at radius 3 is 2.68 bits per heavy atom. The lowest BCUT2D eigenvalue weighted by molar-refractivity contribution is -0.132. The molecule has 2 amide bonds. The molecule has 5 nitrogen and oxygen atoms in total. The standard InChI is InChI=1S/C20H28N2O3/c1-4-18(24)21-16-8-5-15(6-9-16)7-10-19(25)22-12-11-17(23)13-20(2,3)14-22/h4-6,8-9,17,23H,1,7,10-14H2,2-3H3,(H,21,24). The van der Waals surface area contributed by atoms with Gasteiger partial charge in [-0.3, -0.25) is 9.59 Å². The number of nitrogens with one attached hydrogen (secondary N) is 1. The molecule has 2 N–H and O–H groups in total. The molecule has 1 aromatic rings. The number of aliphatic hydroxyl groups is 1. The quantitative estimate of drug-likeness (QED) is 0.807. The number of nitrogens with zero attached hydrogens (tertiary/aromatic N) is 1. The molecule has 1 unspecified atom stereocenters. The van der Waals surface area contributed by atoms with E-state index in [0.29, 0.717) is 38.0 Å². The lowest BCUT2D eigenvalue weighted by Crippen LogP contribution is -2.37. The normalized spacial score (nSPS) is 19.8. The number of hydrogen-bond acceptors (Lipinski definition) is 3. The Morgan fingerprint density at radius 2 is 2.04 bits per heavy atom. The number of likely N-dealkylation sites (tertiary alicyclic amines) is 1. The van der Waals surface area contributed by atoms with Crippen LogP contribution in [0.4, 0.5) is 5.69 Å². The molecule has 1 aromatic carbocycles. The molecule has 136 valence electrons. The molecule has 0 bridgehead atoms. The molecule has 0 aromatic heterocycles. The van der Waals surface area contributed by atoms with Crippen molar-refractivity contribution in [3.63, 3.8) is 0 Å². The number of benzene rings is 1. The molecular formula is C20H28N2O3. The molecule has 1 atom stereocenters. The van der Waals surface area contributed by atoms with Crippen LogP contribution in [0.15, 0.2) is 36.9 Å². The van der Waals surface area contributed by atoms with Gasteiger partial charge in [0.1, 0.15) is 0 Å². The van der Waals surface area contributed by atoms with Crippen molar-refractivity contribution < 1.29 is 14.7 Å². The van der Waals surface area contributed by atoms with Gasteiger partial charge in [0.15, 0.2) is 0 Å². The van der Waals surface area contributed by atoms with Gasteiger partial charge in [0, 0.05) is 25.2 Å². The summed E-state index contributed by atoms with van der Waals surface area (Å²) in [5.41, 5.74) is 1.71. The SMILES string of the molecule is C=CC(=O)Nc1ccc(CCC(=O)N2CCC(O)CC(C)(C)C2)cc1. The molecule has 1 saturated heterocycles. The van der Waals surface area contributed by atoms with E-state index in [4.69, 9.17) is 0 Å². The van der Waals surface area contributed by atoms with E-state index in [1.807, 2.05) is 29.2 Å². The lowest BCUT2D eigenvalue weighted by Gasteiger charge is -2.29. The highest BCUT2D eigenvalue weighted by Crippen LogP contribution is 2.28. The highest BCUT2D eigenvalue weighted by Gasteiger charge is 2.30. The van der Waals surface area contributed by atoms with Crippen LogP contribution in [-0.4, -0.2) is 41.0 Å². The summed E-state index contributed by atoms with van der Waals surface area (Å²) in [6.07, 6.45) is 3.39. The summed E-state index contributed by atoms with van der Waals surface area (Å²) < 4.78 is 0. The van der Waals surface area contributed by atoms with Crippen molar-refractivity contribution in [3.05, 3.63) is 42.5 Å². The first-order valence-corrected chi connectivity index (χ1v) is 8.77. The third kappa shape index (κ3) is 6.02. The predicted octanol–water partition coefficient (Wildman–Crippen LogP) is 2.75. The average Bonchev–Trinajstić information content (AvgIpc) is 2.70. The second kappa shape index (κ2) is 8.30. The van der Waals surface area contributed by atoms with E-state index in [1.54, 1.807) is 0 Å². The van der Waals surface area contributed by atoms with Crippen molar-refractivity contribution in [2.24, 2.45) is 5.41 Å². The van der Waals surface area contributed by atoms with Crippen LogP contribution in [0, 0.1) is 5.41 Å². The van der Waals surface area contributed by atoms with Gasteiger partial charge >= 0.3 is 0 Å². The van der Waals surface area contributed by atoms with Gasteiger partial charge in [-0.2, -0.15) is 0 Å². The van der Waals surface area contributed by atoms with Crippen molar-refractivity contribution >= 4 is 17.5 Å². The number of amides is 2. The van der Waals surface area contributed by atoms with Crippen LogP contribution in [-0.2, 0) is 16.0 Å². The number of hydrogen-bond donors (Lipinski definition) is 2. The Kier molecular flexibility index (Phi) is 6.37. The largest absolute Gasteiger partial charge is 0.393 e. The monoisotopic (exact) mass is 344 g/mol. The number of aliphatic hydroxyl groups excluding tert-OH is 1. The van der Waals surface area contributed by atoms with Crippen LogP contribution >= 0.6 is 0 Å². The molecular weight excluding hydrogens is 316 g/mol. The fourth-order valence-corrected chi connectivity index (χ4v) is 3.28. The van der Waals surface area contributed by atoms with Gasteiger partial charge in [-0.25, -0.2) is 0 Å². The number of carbonyl (C=O) groups is 2. The van der Waals surface area contributed by atoms with Crippen LogP contribution in [0.25, 0.3) is 0 Å². The van der Waals surface area contributed by atoms with E-state index in [-0.39, 0.29) is 23.3 Å². The minimum atomic E-state index is -0.328. The molecule has 1 fully saturated rings. The van der Waals surface area contributed by atoms with E-state index in [9.17, 15) is 14.7 Å². The summed E-state index contributed by atoms with van der Waals surface area (Å²) in [5.74, 6) is -0.111. The first-order valence-electron chi connectivity index (χ1n) is 8.77. The average molecular weight is 344 g/mol. The summed E-state index contributed by atoms with van der Waals surface area (Å²) >= 11 is 0. The highest BCUT2D eigenvalue weighted by molar-refractivity contribution is 5.98. The topological polar surface area (TPSA) is 69.6 Å². The van der Waals surface area contributed by atoms with Gasteiger partial charge in [-0.05, 0) is 48.4 Å². The molecule has 1 aliphatic rings. The van der Waals surface area contributed by atoms with Crippen LogP contribution in [0.5, 0.6) is 0 Å². The maximum atomic E-state index is 12.5. The Balaban J connectivity index is 1.88. The van der Waals surface area contributed by atoms with Gasteiger partial charge in [-0.15, -0.1) is 0 Å². The molecule has 25 heavy (non-hydrogen) atoms. The molecule has 1 heterocycles.